The van der Waals surface area contributed by atoms with Crippen molar-refractivity contribution in [1.82, 2.24) is 18.4 Å². The van der Waals surface area contributed by atoms with Crippen LogP contribution in [0.3, 0.4) is 0 Å². The molecule has 2 aliphatic rings. The topological polar surface area (TPSA) is 134 Å². The first-order chi connectivity index (χ1) is 17.6. The van der Waals surface area contributed by atoms with Crippen LogP contribution in [0.15, 0.2) is 28.8 Å². The molecule has 1 fully saturated rings. The van der Waals surface area contributed by atoms with Crippen molar-refractivity contribution in [2.24, 2.45) is 16.6 Å². The summed E-state index contributed by atoms with van der Waals surface area (Å²) in [6, 6.07) is 5.64. The van der Waals surface area contributed by atoms with E-state index in [4.69, 9.17) is 5.73 Å². The Morgan fingerprint density at radius 3 is 2.49 bits per heavy atom. The third kappa shape index (κ3) is 5.21. The average molecular weight is 529 g/mol. The number of hydrogen-bond acceptors (Lipinski definition) is 7. The van der Waals surface area contributed by atoms with Gasteiger partial charge in [0.15, 0.2) is 0 Å². The van der Waals surface area contributed by atoms with E-state index in [1.807, 2.05) is 29.2 Å². The second-order valence-corrected chi connectivity index (χ2v) is 11.5. The second-order valence-electron chi connectivity index (χ2n) is 9.78. The predicted molar refractivity (Wildman–Crippen MR) is 145 cm³/mol. The first-order valence-corrected chi connectivity index (χ1v) is 14.1. The molecule has 0 spiro atoms. The van der Waals surface area contributed by atoms with E-state index in [1.165, 1.54) is 4.31 Å². The maximum atomic E-state index is 13.2. The third-order valence-electron chi connectivity index (χ3n) is 6.81. The summed E-state index contributed by atoms with van der Waals surface area (Å²) >= 11 is 0. The number of benzene rings is 1. The molecule has 0 atom stereocenters. The molecule has 1 aromatic heterocycles. The van der Waals surface area contributed by atoms with Crippen molar-refractivity contribution in [1.29, 1.82) is 0 Å². The van der Waals surface area contributed by atoms with E-state index in [2.05, 4.69) is 23.9 Å². The van der Waals surface area contributed by atoms with Crippen LogP contribution in [0.4, 0.5) is 5.69 Å². The van der Waals surface area contributed by atoms with E-state index in [9.17, 15) is 18.3 Å². The Balaban J connectivity index is 1.69. The molecule has 0 bridgehead atoms. The van der Waals surface area contributed by atoms with Gasteiger partial charge in [0.05, 0.1) is 17.1 Å². The number of rotatable bonds is 9. The first kappa shape index (κ1) is 27.0. The molecule has 0 radical (unpaired) electrons. The van der Waals surface area contributed by atoms with Crippen molar-refractivity contribution in [3.63, 3.8) is 0 Å². The molecule has 37 heavy (non-hydrogen) atoms. The van der Waals surface area contributed by atoms with Crippen LogP contribution in [-0.2, 0) is 15.0 Å². The Morgan fingerprint density at radius 1 is 1.19 bits per heavy atom. The van der Waals surface area contributed by atoms with Crippen molar-refractivity contribution in [3.05, 3.63) is 40.7 Å². The van der Waals surface area contributed by atoms with E-state index >= 15 is 0 Å². The molecule has 0 aliphatic carbocycles. The van der Waals surface area contributed by atoms with Crippen molar-refractivity contribution < 1.29 is 18.3 Å². The highest BCUT2D eigenvalue weighted by Crippen LogP contribution is 2.35. The Bertz CT molecular complexity index is 1350. The fourth-order valence-electron chi connectivity index (χ4n) is 4.94. The van der Waals surface area contributed by atoms with Crippen LogP contribution in [0, 0.1) is 19.8 Å². The standard InChI is InChI=1S/C26H36N6O4S/c1-5-9-30(10-6-2)26(34)22-11-20-7-8-21(12-23(20)28-24(27)13-22)25-17(3)29-32(18(25)4)37(35,36)31-14-19(15-31)16-33/h7-8,11-12,19,33H,5-6,9-10,13-16H2,1-4H3,(H2,27,28). The molecule has 11 heteroatoms. The van der Waals surface area contributed by atoms with Gasteiger partial charge in [0.2, 0.25) is 5.91 Å². The van der Waals surface area contributed by atoms with Gasteiger partial charge in [-0.2, -0.15) is 17.8 Å². The number of aliphatic hydroxyl groups excluding tert-OH is 1. The number of amides is 1. The lowest BCUT2D eigenvalue weighted by Gasteiger charge is -2.36. The summed E-state index contributed by atoms with van der Waals surface area (Å²) in [4.78, 5) is 19.7. The molecule has 2 aliphatic heterocycles. The predicted octanol–water partition coefficient (Wildman–Crippen LogP) is 2.61. The van der Waals surface area contributed by atoms with Crippen LogP contribution >= 0.6 is 0 Å². The van der Waals surface area contributed by atoms with Gasteiger partial charge in [-0.05, 0) is 44.4 Å². The highest BCUT2D eigenvalue weighted by molar-refractivity contribution is 7.87. The lowest BCUT2D eigenvalue weighted by molar-refractivity contribution is -0.127. The molecule has 0 saturated carbocycles. The number of aromatic nitrogens is 2. The molecule has 200 valence electrons. The minimum atomic E-state index is -3.82. The molecule has 2 aromatic rings. The monoisotopic (exact) mass is 528 g/mol. The molecular formula is C26H36N6O4S. The number of hydrogen-bond donors (Lipinski definition) is 2. The number of aryl methyl sites for hydroxylation is 1. The Labute approximate surface area is 218 Å². The third-order valence-corrected chi connectivity index (χ3v) is 8.55. The second kappa shape index (κ2) is 10.8. The van der Waals surface area contributed by atoms with Gasteiger partial charge in [-0.3, -0.25) is 4.79 Å². The Morgan fingerprint density at radius 2 is 1.86 bits per heavy atom. The smallest absolute Gasteiger partial charge is 0.323 e. The Hall–Kier alpha value is -3.02. The van der Waals surface area contributed by atoms with Crippen LogP contribution < -0.4 is 5.73 Å². The fraction of sp³-hybridized carbons (Fsp3) is 0.500. The van der Waals surface area contributed by atoms with Gasteiger partial charge in [-0.25, -0.2) is 4.99 Å². The van der Waals surface area contributed by atoms with Gasteiger partial charge in [-0.1, -0.05) is 26.0 Å². The van der Waals surface area contributed by atoms with Gasteiger partial charge >= 0.3 is 10.2 Å². The van der Waals surface area contributed by atoms with E-state index in [0.717, 1.165) is 28.1 Å². The van der Waals surface area contributed by atoms with Crippen LogP contribution in [0.1, 0.15) is 50.1 Å². The number of carbonyl (C=O) groups is 1. The van der Waals surface area contributed by atoms with Crippen molar-refractivity contribution in [3.8, 4) is 11.1 Å². The number of carbonyl (C=O) groups excluding carboxylic acids is 1. The average Bonchev–Trinajstić information content (AvgIpc) is 3.01. The van der Waals surface area contributed by atoms with E-state index < -0.39 is 10.2 Å². The molecule has 1 aromatic carbocycles. The number of aliphatic hydroxyl groups is 1. The van der Waals surface area contributed by atoms with Crippen molar-refractivity contribution in [2.75, 3.05) is 32.8 Å². The largest absolute Gasteiger partial charge is 0.396 e. The SMILES string of the molecule is CCCN(CCC)C(=O)C1=Cc2ccc(-c3c(C)nn(S(=O)(=O)N4CC(CO)C4)c3C)cc2N=C(N)C1. The van der Waals surface area contributed by atoms with E-state index in [-0.39, 0.29) is 37.9 Å². The molecule has 3 N–H and O–H groups in total. The quantitative estimate of drug-likeness (QED) is 0.514. The zero-order valence-corrected chi connectivity index (χ0v) is 22.8. The van der Waals surface area contributed by atoms with E-state index in [0.29, 0.717) is 47.1 Å². The van der Waals surface area contributed by atoms with Gasteiger partial charge in [-0.15, -0.1) is 4.09 Å². The van der Waals surface area contributed by atoms with Gasteiger partial charge in [0.25, 0.3) is 0 Å². The number of fused-ring (bicyclic) bond motifs is 1. The van der Waals surface area contributed by atoms with Crippen molar-refractivity contribution >= 4 is 33.7 Å². The molecule has 0 unspecified atom stereocenters. The van der Waals surface area contributed by atoms with Crippen LogP contribution in [0.25, 0.3) is 17.2 Å². The number of amidine groups is 1. The van der Waals surface area contributed by atoms with Gasteiger partial charge in [0, 0.05) is 61.8 Å². The zero-order chi connectivity index (χ0) is 26.9. The van der Waals surface area contributed by atoms with Gasteiger partial charge in [0.1, 0.15) is 5.84 Å². The first-order valence-electron chi connectivity index (χ1n) is 12.8. The summed E-state index contributed by atoms with van der Waals surface area (Å²) in [6.07, 6.45) is 3.89. The Kier molecular flexibility index (Phi) is 7.86. The highest BCUT2D eigenvalue weighted by atomic mass is 32.2. The lowest BCUT2D eigenvalue weighted by Crippen LogP contribution is -2.53. The van der Waals surface area contributed by atoms with E-state index in [1.54, 1.807) is 13.8 Å². The molecular weight excluding hydrogens is 492 g/mol. The highest BCUT2D eigenvalue weighted by Gasteiger charge is 2.38. The normalized spacial score (nSPS) is 16.5. The minimum absolute atomic E-state index is 0.0219. The summed E-state index contributed by atoms with van der Waals surface area (Å²) in [5.74, 6) is 0.290. The number of nitrogens with zero attached hydrogens (tertiary/aromatic N) is 5. The van der Waals surface area contributed by atoms with Crippen LogP contribution in [0.2, 0.25) is 0 Å². The summed E-state index contributed by atoms with van der Waals surface area (Å²) in [5, 5.41) is 13.6. The number of aliphatic imine (C=N–C) groups is 1. The van der Waals surface area contributed by atoms with Gasteiger partial charge < -0.3 is 15.7 Å². The molecule has 1 amide bonds. The van der Waals surface area contributed by atoms with Crippen LogP contribution in [-0.4, -0.2) is 76.4 Å². The maximum Gasteiger partial charge on any atom is 0.323 e. The summed E-state index contributed by atoms with van der Waals surface area (Å²) < 4.78 is 28.6. The molecule has 4 rings (SSSR count). The molecule has 1 saturated heterocycles. The number of nitrogens with two attached hydrogens (primary N) is 1. The molecule has 3 heterocycles. The van der Waals surface area contributed by atoms with Crippen LogP contribution in [0.5, 0.6) is 0 Å². The summed E-state index contributed by atoms with van der Waals surface area (Å²) in [5.41, 5.74) is 10.8. The summed E-state index contributed by atoms with van der Waals surface area (Å²) in [6.45, 7) is 9.51. The fourth-order valence-corrected chi connectivity index (χ4v) is 6.62. The molecule has 10 nitrogen and oxygen atoms in total. The zero-order valence-electron chi connectivity index (χ0n) is 21.9. The van der Waals surface area contributed by atoms with Crippen molar-refractivity contribution in [2.45, 2.75) is 47.0 Å². The minimum Gasteiger partial charge on any atom is -0.396 e. The lowest BCUT2D eigenvalue weighted by atomic mass is 9.99. The summed E-state index contributed by atoms with van der Waals surface area (Å²) in [7, 11) is -3.82. The maximum absolute atomic E-state index is 13.2.